The third-order valence-electron chi connectivity index (χ3n) is 8.39. The van der Waals surface area contributed by atoms with Crippen molar-refractivity contribution in [1.29, 1.82) is 0 Å². The molecule has 7 nitrogen and oxygen atoms in total. The number of piperazine rings is 1. The minimum atomic E-state index is 0.287. The second-order valence-corrected chi connectivity index (χ2v) is 11.2. The van der Waals surface area contributed by atoms with Gasteiger partial charge in [-0.1, -0.05) is 19.9 Å². The van der Waals surface area contributed by atoms with Crippen LogP contribution in [0, 0.1) is 0 Å². The molecule has 2 aromatic carbocycles. The van der Waals surface area contributed by atoms with Gasteiger partial charge in [0.1, 0.15) is 0 Å². The van der Waals surface area contributed by atoms with Crippen LogP contribution >= 0.6 is 0 Å². The molecule has 0 atom stereocenters. The summed E-state index contributed by atoms with van der Waals surface area (Å²) in [5.74, 6) is 2.64. The van der Waals surface area contributed by atoms with Crippen molar-refractivity contribution >= 4 is 16.8 Å². The van der Waals surface area contributed by atoms with Crippen LogP contribution in [0.1, 0.15) is 49.7 Å². The zero-order valence-corrected chi connectivity index (χ0v) is 23.5. The van der Waals surface area contributed by atoms with Crippen molar-refractivity contribution in [1.82, 2.24) is 19.7 Å². The molecular weight excluding hydrogens is 476 g/mol. The molecule has 7 heteroatoms. The predicted molar refractivity (Wildman–Crippen MR) is 153 cm³/mol. The van der Waals surface area contributed by atoms with Gasteiger partial charge in [0, 0.05) is 42.6 Å². The average molecular weight is 519 g/mol. The van der Waals surface area contributed by atoms with Crippen molar-refractivity contribution in [3.8, 4) is 22.8 Å². The smallest absolute Gasteiger partial charge is 0.236 e. The lowest BCUT2D eigenvalue weighted by Gasteiger charge is -2.36. The number of rotatable bonds is 7. The minimum Gasteiger partial charge on any atom is -0.493 e. The van der Waals surface area contributed by atoms with Gasteiger partial charge in [-0.2, -0.15) is 0 Å². The number of piperidine rings is 1. The number of likely N-dealkylation sites (tertiary alicyclic amines) is 1. The van der Waals surface area contributed by atoms with Crippen LogP contribution in [0.5, 0.6) is 11.5 Å². The van der Waals surface area contributed by atoms with Gasteiger partial charge in [0.15, 0.2) is 11.5 Å². The third kappa shape index (κ3) is 5.40. The second kappa shape index (κ2) is 11.4. The van der Waals surface area contributed by atoms with E-state index in [1.54, 1.807) is 14.2 Å². The maximum atomic E-state index is 12.8. The first-order valence-corrected chi connectivity index (χ1v) is 13.9. The van der Waals surface area contributed by atoms with E-state index < -0.39 is 0 Å². The number of likely N-dealkylation sites (N-methyl/N-ethyl adjacent to an activating group) is 1. The number of methoxy groups -OCH3 is 2. The van der Waals surface area contributed by atoms with Crippen molar-refractivity contribution in [2.24, 2.45) is 0 Å². The van der Waals surface area contributed by atoms with E-state index in [9.17, 15) is 4.79 Å². The molecule has 0 spiro atoms. The fraction of sp³-hybridized carbons (Fsp3) is 0.516. The predicted octanol–water partition coefficient (Wildman–Crippen LogP) is 4.93. The number of aromatic nitrogens is 1. The topological polar surface area (TPSA) is 61.0 Å². The second-order valence-electron chi connectivity index (χ2n) is 11.2. The standard InChI is InChI=1S/C31H42N4O3/c1-21(2)30-25-18-23(6-8-26(25)32-31(30)24-7-9-27(37-4)28(19-24)38-5)22-10-12-34(13-11-22)20-29(36)35-16-14-33(3)15-17-35/h6-9,18-19,21-22,32H,10-17,20H2,1-5H3. The Morgan fingerprint density at radius 1 is 0.947 bits per heavy atom. The summed E-state index contributed by atoms with van der Waals surface area (Å²) in [4.78, 5) is 23.2. The summed E-state index contributed by atoms with van der Waals surface area (Å²) in [5, 5.41) is 1.30. The van der Waals surface area contributed by atoms with E-state index >= 15 is 0 Å². The summed E-state index contributed by atoms with van der Waals surface area (Å²) in [6.45, 7) is 10.7. The molecule has 3 aromatic rings. The molecule has 2 saturated heterocycles. The van der Waals surface area contributed by atoms with Gasteiger partial charge in [-0.3, -0.25) is 9.69 Å². The van der Waals surface area contributed by atoms with Crippen LogP contribution in [0.15, 0.2) is 36.4 Å². The lowest BCUT2D eigenvalue weighted by Crippen LogP contribution is -2.50. The molecule has 204 valence electrons. The fourth-order valence-corrected chi connectivity index (χ4v) is 6.07. The summed E-state index contributed by atoms with van der Waals surface area (Å²) in [6.07, 6.45) is 2.18. The highest BCUT2D eigenvalue weighted by Crippen LogP contribution is 2.40. The number of H-pyrrole nitrogens is 1. The molecule has 0 unspecified atom stereocenters. The van der Waals surface area contributed by atoms with Crippen molar-refractivity contribution in [2.75, 3.05) is 67.1 Å². The van der Waals surface area contributed by atoms with Gasteiger partial charge in [0.25, 0.3) is 0 Å². The number of amides is 1. The summed E-state index contributed by atoms with van der Waals surface area (Å²) in [7, 11) is 5.46. The van der Waals surface area contributed by atoms with Crippen LogP contribution in [0.4, 0.5) is 0 Å². The van der Waals surface area contributed by atoms with Gasteiger partial charge in [0.05, 0.1) is 26.5 Å². The van der Waals surface area contributed by atoms with E-state index in [2.05, 4.69) is 66.0 Å². The summed E-state index contributed by atoms with van der Waals surface area (Å²) >= 11 is 0. The number of nitrogens with one attached hydrogen (secondary N) is 1. The molecule has 2 aliphatic rings. The van der Waals surface area contributed by atoms with Crippen molar-refractivity contribution in [3.05, 3.63) is 47.5 Å². The number of hydrogen-bond acceptors (Lipinski definition) is 5. The van der Waals surface area contributed by atoms with Crippen LogP contribution in [-0.4, -0.2) is 92.7 Å². The van der Waals surface area contributed by atoms with E-state index in [4.69, 9.17) is 9.47 Å². The normalized spacial score (nSPS) is 17.9. The molecule has 38 heavy (non-hydrogen) atoms. The van der Waals surface area contributed by atoms with E-state index in [0.717, 1.165) is 80.4 Å². The fourth-order valence-electron chi connectivity index (χ4n) is 6.07. The first kappa shape index (κ1) is 26.6. The number of aromatic amines is 1. The molecule has 0 saturated carbocycles. The Morgan fingerprint density at radius 3 is 2.32 bits per heavy atom. The molecule has 0 radical (unpaired) electrons. The molecule has 0 aliphatic carbocycles. The van der Waals surface area contributed by atoms with E-state index in [-0.39, 0.29) is 5.91 Å². The molecule has 2 fully saturated rings. The van der Waals surface area contributed by atoms with Crippen LogP contribution < -0.4 is 9.47 Å². The summed E-state index contributed by atoms with van der Waals surface area (Å²) in [5.41, 5.74) is 6.15. The largest absolute Gasteiger partial charge is 0.493 e. The van der Waals surface area contributed by atoms with E-state index in [1.165, 1.54) is 16.5 Å². The summed E-state index contributed by atoms with van der Waals surface area (Å²) in [6, 6.07) is 13.0. The number of nitrogens with zero attached hydrogens (tertiary/aromatic N) is 3. The van der Waals surface area contributed by atoms with E-state index in [0.29, 0.717) is 18.4 Å². The molecule has 1 amide bonds. The Hall–Kier alpha value is -3.03. The molecule has 1 aromatic heterocycles. The zero-order valence-electron chi connectivity index (χ0n) is 23.5. The minimum absolute atomic E-state index is 0.287. The van der Waals surface area contributed by atoms with Gasteiger partial charge in [-0.25, -0.2) is 0 Å². The average Bonchev–Trinajstić information content (AvgIpc) is 3.32. The molecule has 3 heterocycles. The van der Waals surface area contributed by atoms with Gasteiger partial charge >= 0.3 is 0 Å². The van der Waals surface area contributed by atoms with Gasteiger partial charge < -0.3 is 24.3 Å². The number of fused-ring (bicyclic) bond motifs is 1. The first-order chi connectivity index (χ1) is 18.4. The highest BCUT2D eigenvalue weighted by molar-refractivity contribution is 5.92. The van der Waals surface area contributed by atoms with Crippen molar-refractivity contribution < 1.29 is 14.3 Å². The Morgan fingerprint density at radius 2 is 1.66 bits per heavy atom. The maximum absolute atomic E-state index is 12.8. The number of carbonyl (C=O) groups is 1. The Kier molecular flexibility index (Phi) is 7.96. The lowest BCUT2D eigenvalue weighted by molar-refractivity contribution is -0.134. The van der Waals surface area contributed by atoms with Gasteiger partial charge in [-0.05, 0) is 86.3 Å². The number of carbonyl (C=O) groups excluding carboxylic acids is 1. The van der Waals surface area contributed by atoms with Crippen LogP contribution in [-0.2, 0) is 4.79 Å². The van der Waals surface area contributed by atoms with Crippen LogP contribution in [0.25, 0.3) is 22.2 Å². The van der Waals surface area contributed by atoms with Crippen molar-refractivity contribution in [2.45, 2.75) is 38.5 Å². The molecule has 1 N–H and O–H groups in total. The Balaban J connectivity index is 1.32. The highest BCUT2D eigenvalue weighted by Gasteiger charge is 2.26. The number of benzene rings is 2. The molecular formula is C31H42N4O3. The summed E-state index contributed by atoms with van der Waals surface area (Å²) < 4.78 is 11.0. The first-order valence-electron chi connectivity index (χ1n) is 13.9. The SMILES string of the molecule is COc1ccc(-c2[nH]c3ccc(C4CCN(CC(=O)N5CCN(C)CC5)CC4)cc3c2C(C)C)cc1OC. The number of ether oxygens (including phenoxy) is 2. The van der Waals surface area contributed by atoms with Crippen LogP contribution in [0.3, 0.4) is 0 Å². The Labute approximate surface area is 226 Å². The van der Waals surface area contributed by atoms with Crippen molar-refractivity contribution in [3.63, 3.8) is 0 Å². The van der Waals surface area contributed by atoms with E-state index in [1.807, 2.05) is 11.0 Å². The Bertz CT molecular complexity index is 1270. The monoisotopic (exact) mass is 518 g/mol. The quantitative estimate of drug-likeness (QED) is 0.481. The molecule has 2 aliphatic heterocycles. The molecule has 0 bridgehead atoms. The van der Waals surface area contributed by atoms with Gasteiger partial charge in [-0.15, -0.1) is 0 Å². The highest BCUT2D eigenvalue weighted by atomic mass is 16.5. The lowest BCUT2D eigenvalue weighted by atomic mass is 9.87. The third-order valence-corrected chi connectivity index (χ3v) is 8.39. The van der Waals surface area contributed by atoms with Crippen LogP contribution in [0.2, 0.25) is 0 Å². The van der Waals surface area contributed by atoms with Gasteiger partial charge in [0.2, 0.25) is 5.91 Å². The molecule has 5 rings (SSSR count). The maximum Gasteiger partial charge on any atom is 0.236 e. The zero-order chi connectivity index (χ0) is 26.8. The number of hydrogen-bond donors (Lipinski definition) is 1.